The second-order valence-corrected chi connectivity index (χ2v) is 5.68. The summed E-state index contributed by atoms with van der Waals surface area (Å²) in [7, 11) is 0. The standard InChI is InChI=1S/C20H34O2/c1-2-3-4-5-6-7-8-9-10-11-12-13-14-15-16-17-18-19-20(21)22/h3-4,9-10,16-17H,2,5-8,11-15,18-19H2,1H3,(H,21,22). The van der Waals surface area contributed by atoms with Gasteiger partial charge >= 0.3 is 5.97 Å². The second kappa shape index (κ2) is 17.7. The molecule has 0 spiro atoms. The van der Waals surface area contributed by atoms with Crippen molar-refractivity contribution in [3.05, 3.63) is 36.5 Å². The average molecular weight is 306 g/mol. The van der Waals surface area contributed by atoms with Gasteiger partial charge in [0.2, 0.25) is 0 Å². The van der Waals surface area contributed by atoms with Crippen LogP contribution in [0.1, 0.15) is 84.0 Å². The van der Waals surface area contributed by atoms with E-state index in [2.05, 4.69) is 37.3 Å². The van der Waals surface area contributed by atoms with E-state index in [1.54, 1.807) is 0 Å². The smallest absolute Gasteiger partial charge is 0.303 e. The van der Waals surface area contributed by atoms with Crippen molar-refractivity contribution >= 4 is 5.97 Å². The molecule has 0 aromatic rings. The lowest BCUT2D eigenvalue weighted by Gasteiger charge is -1.96. The third-order valence-corrected chi connectivity index (χ3v) is 3.49. The molecule has 0 aromatic heterocycles. The minimum absolute atomic E-state index is 0.246. The summed E-state index contributed by atoms with van der Waals surface area (Å²) in [4.78, 5) is 10.3. The van der Waals surface area contributed by atoms with Crippen LogP contribution in [0.2, 0.25) is 0 Å². The van der Waals surface area contributed by atoms with Crippen molar-refractivity contribution in [1.82, 2.24) is 0 Å². The number of carbonyl (C=O) groups is 1. The quantitative estimate of drug-likeness (QED) is 0.279. The fourth-order valence-electron chi connectivity index (χ4n) is 2.19. The van der Waals surface area contributed by atoms with Crippen LogP contribution in [0.25, 0.3) is 0 Å². The van der Waals surface area contributed by atoms with Crippen molar-refractivity contribution in [3.63, 3.8) is 0 Å². The fourth-order valence-corrected chi connectivity index (χ4v) is 2.19. The van der Waals surface area contributed by atoms with Crippen LogP contribution < -0.4 is 0 Å². The van der Waals surface area contributed by atoms with Crippen LogP contribution in [-0.4, -0.2) is 11.1 Å². The molecule has 0 unspecified atom stereocenters. The molecule has 0 atom stereocenters. The summed E-state index contributed by atoms with van der Waals surface area (Å²) in [6, 6.07) is 0. The van der Waals surface area contributed by atoms with Gasteiger partial charge in [-0.3, -0.25) is 4.79 Å². The molecular formula is C20H34O2. The summed E-state index contributed by atoms with van der Waals surface area (Å²) >= 11 is 0. The summed E-state index contributed by atoms with van der Waals surface area (Å²) in [5.74, 6) is -0.714. The molecular weight excluding hydrogens is 272 g/mol. The van der Waals surface area contributed by atoms with E-state index in [9.17, 15) is 4.79 Å². The molecule has 0 saturated heterocycles. The predicted octanol–water partition coefficient (Wildman–Crippen LogP) is 6.44. The average Bonchev–Trinajstić information content (AvgIpc) is 2.50. The molecule has 0 heterocycles. The van der Waals surface area contributed by atoms with Gasteiger partial charge in [-0.1, -0.05) is 49.8 Å². The summed E-state index contributed by atoms with van der Waals surface area (Å²) in [5, 5.41) is 8.50. The summed E-state index contributed by atoms with van der Waals surface area (Å²) in [6.45, 7) is 2.18. The van der Waals surface area contributed by atoms with Crippen LogP contribution in [0.15, 0.2) is 36.5 Å². The lowest BCUT2D eigenvalue weighted by Crippen LogP contribution is -1.91. The molecule has 0 aliphatic rings. The van der Waals surface area contributed by atoms with E-state index in [0.29, 0.717) is 6.42 Å². The topological polar surface area (TPSA) is 37.3 Å². The number of allylic oxidation sites excluding steroid dienone is 6. The Kier molecular flexibility index (Phi) is 16.7. The van der Waals surface area contributed by atoms with Gasteiger partial charge in [0.25, 0.3) is 0 Å². The van der Waals surface area contributed by atoms with Gasteiger partial charge in [-0.15, -0.1) is 0 Å². The first-order valence-electron chi connectivity index (χ1n) is 8.94. The summed E-state index contributed by atoms with van der Waals surface area (Å²) in [5.41, 5.74) is 0. The Morgan fingerprint density at radius 2 is 1.09 bits per heavy atom. The molecule has 126 valence electrons. The summed E-state index contributed by atoms with van der Waals surface area (Å²) in [6.07, 6.45) is 26.4. The van der Waals surface area contributed by atoms with E-state index >= 15 is 0 Å². The van der Waals surface area contributed by atoms with E-state index in [1.807, 2.05) is 6.08 Å². The SMILES string of the molecule is CCC=CCCCCC=CCCCCCC=CCCC(=O)O. The third-order valence-electron chi connectivity index (χ3n) is 3.49. The van der Waals surface area contributed by atoms with E-state index in [1.165, 1.54) is 51.4 Å². The van der Waals surface area contributed by atoms with Crippen LogP contribution in [0.4, 0.5) is 0 Å². The molecule has 2 nitrogen and oxygen atoms in total. The number of carboxylic acids is 1. The van der Waals surface area contributed by atoms with Crippen LogP contribution in [0.5, 0.6) is 0 Å². The van der Waals surface area contributed by atoms with Crippen molar-refractivity contribution in [2.45, 2.75) is 84.0 Å². The molecule has 0 aliphatic carbocycles. The maximum atomic E-state index is 10.3. The zero-order valence-electron chi connectivity index (χ0n) is 14.3. The van der Waals surface area contributed by atoms with Crippen molar-refractivity contribution in [3.8, 4) is 0 Å². The highest BCUT2D eigenvalue weighted by molar-refractivity contribution is 5.66. The van der Waals surface area contributed by atoms with Crippen molar-refractivity contribution in [2.24, 2.45) is 0 Å². The summed E-state index contributed by atoms with van der Waals surface area (Å²) < 4.78 is 0. The first-order chi connectivity index (χ1) is 10.8. The molecule has 0 aliphatic heterocycles. The van der Waals surface area contributed by atoms with E-state index in [4.69, 9.17) is 5.11 Å². The molecule has 0 fully saturated rings. The Labute approximate surface area is 137 Å². The van der Waals surface area contributed by atoms with Crippen molar-refractivity contribution in [2.75, 3.05) is 0 Å². The molecule has 1 N–H and O–H groups in total. The lowest BCUT2D eigenvalue weighted by atomic mass is 10.1. The highest BCUT2D eigenvalue weighted by atomic mass is 16.4. The number of hydrogen-bond acceptors (Lipinski definition) is 1. The Morgan fingerprint density at radius 1 is 0.682 bits per heavy atom. The zero-order valence-corrected chi connectivity index (χ0v) is 14.3. The largest absolute Gasteiger partial charge is 0.481 e. The molecule has 2 heteroatoms. The van der Waals surface area contributed by atoms with Gasteiger partial charge in [0.1, 0.15) is 0 Å². The lowest BCUT2D eigenvalue weighted by molar-refractivity contribution is -0.136. The van der Waals surface area contributed by atoms with Gasteiger partial charge < -0.3 is 5.11 Å². The maximum Gasteiger partial charge on any atom is 0.303 e. The Morgan fingerprint density at radius 3 is 1.55 bits per heavy atom. The molecule has 0 bridgehead atoms. The Balaban J connectivity index is 3.20. The van der Waals surface area contributed by atoms with Gasteiger partial charge in [-0.2, -0.15) is 0 Å². The number of rotatable bonds is 15. The van der Waals surface area contributed by atoms with Gasteiger partial charge in [-0.05, 0) is 64.2 Å². The van der Waals surface area contributed by atoms with E-state index in [0.717, 1.165) is 12.8 Å². The first-order valence-corrected chi connectivity index (χ1v) is 8.94. The minimum Gasteiger partial charge on any atom is -0.481 e. The predicted molar refractivity (Wildman–Crippen MR) is 96.1 cm³/mol. The van der Waals surface area contributed by atoms with Crippen molar-refractivity contribution in [1.29, 1.82) is 0 Å². The van der Waals surface area contributed by atoms with Gasteiger partial charge in [-0.25, -0.2) is 0 Å². The van der Waals surface area contributed by atoms with Gasteiger partial charge in [0, 0.05) is 6.42 Å². The van der Waals surface area contributed by atoms with E-state index in [-0.39, 0.29) is 6.42 Å². The highest BCUT2D eigenvalue weighted by Gasteiger charge is 1.91. The maximum absolute atomic E-state index is 10.3. The molecule has 0 aromatic carbocycles. The number of aliphatic carboxylic acids is 1. The second-order valence-electron chi connectivity index (χ2n) is 5.68. The monoisotopic (exact) mass is 306 g/mol. The Bertz CT molecular complexity index is 327. The number of hydrogen-bond donors (Lipinski definition) is 1. The minimum atomic E-state index is -0.714. The van der Waals surface area contributed by atoms with Crippen LogP contribution in [0, 0.1) is 0 Å². The highest BCUT2D eigenvalue weighted by Crippen LogP contribution is 2.07. The number of unbranched alkanes of at least 4 members (excludes halogenated alkanes) is 7. The van der Waals surface area contributed by atoms with Gasteiger partial charge in [0.05, 0.1) is 0 Å². The van der Waals surface area contributed by atoms with Crippen molar-refractivity contribution < 1.29 is 9.90 Å². The molecule has 0 radical (unpaired) electrons. The van der Waals surface area contributed by atoms with Crippen LogP contribution in [-0.2, 0) is 4.79 Å². The molecule has 0 saturated carbocycles. The van der Waals surface area contributed by atoms with Gasteiger partial charge in [0.15, 0.2) is 0 Å². The fraction of sp³-hybridized carbons (Fsp3) is 0.650. The molecule has 22 heavy (non-hydrogen) atoms. The Hall–Kier alpha value is -1.31. The molecule has 0 amide bonds. The normalized spacial score (nSPS) is 12.0. The van der Waals surface area contributed by atoms with Crippen LogP contribution in [0.3, 0.4) is 0 Å². The first kappa shape index (κ1) is 20.7. The van der Waals surface area contributed by atoms with E-state index < -0.39 is 5.97 Å². The number of carboxylic acid groups (broad SMARTS) is 1. The molecule has 0 rings (SSSR count). The van der Waals surface area contributed by atoms with Crippen LogP contribution >= 0.6 is 0 Å². The zero-order chi connectivity index (χ0) is 16.3. The third kappa shape index (κ3) is 18.7.